The van der Waals surface area contributed by atoms with Gasteiger partial charge >= 0.3 is 0 Å². The van der Waals surface area contributed by atoms with Crippen molar-refractivity contribution in [3.63, 3.8) is 0 Å². The monoisotopic (exact) mass is 348 g/mol. The molecule has 0 unspecified atom stereocenters. The van der Waals surface area contributed by atoms with Crippen LogP contribution in [0.4, 0.5) is 11.4 Å². The molecular formula is C16H17BrN2O2. The number of hydrogen-bond donors (Lipinski definition) is 2. The first-order valence-electron chi connectivity index (χ1n) is 6.68. The Bertz CT molecular complexity index is 599. The van der Waals surface area contributed by atoms with E-state index in [1.165, 1.54) is 0 Å². The van der Waals surface area contributed by atoms with E-state index in [9.17, 15) is 4.79 Å². The largest absolute Gasteiger partial charge is 0.491 e. The number of para-hydroxylation sites is 2. The van der Waals surface area contributed by atoms with Crippen LogP contribution < -0.4 is 15.8 Å². The number of amides is 1. The number of carbonyl (C=O) groups is 1. The molecule has 21 heavy (non-hydrogen) atoms. The Morgan fingerprint density at radius 2 is 1.86 bits per heavy atom. The lowest BCUT2D eigenvalue weighted by Gasteiger charge is -2.08. The smallest absolute Gasteiger partial charge is 0.224 e. The van der Waals surface area contributed by atoms with Gasteiger partial charge in [0.1, 0.15) is 5.75 Å². The maximum atomic E-state index is 11.8. The molecule has 0 radical (unpaired) electrons. The van der Waals surface area contributed by atoms with Gasteiger partial charge in [0.05, 0.1) is 12.3 Å². The van der Waals surface area contributed by atoms with Gasteiger partial charge in [0.2, 0.25) is 5.91 Å². The van der Waals surface area contributed by atoms with Crippen molar-refractivity contribution in [1.29, 1.82) is 0 Å². The van der Waals surface area contributed by atoms with E-state index in [-0.39, 0.29) is 5.91 Å². The summed E-state index contributed by atoms with van der Waals surface area (Å²) in [5.74, 6) is 0.632. The second kappa shape index (κ2) is 7.69. The third-order valence-corrected chi connectivity index (χ3v) is 3.38. The molecule has 0 saturated carbocycles. The number of anilines is 2. The molecule has 2 aromatic carbocycles. The fourth-order valence-corrected chi connectivity index (χ4v) is 2.05. The van der Waals surface area contributed by atoms with Crippen molar-refractivity contribution in [1.82, 2.24) is 0 Å². The van der Waals surface area contributed by atoms with Gasteiger partial charge in [-0.05, 0) is 42.8 Å². The second-order valence-electron chi connectivity index (χ2n) is 4.54. The highest BCUT2D eigenvalue weighted by atomic mass is 79.9. The number of nitrogens with two attached hydrogens (primary N) is 1. The SMILES string of the molecule is Nc1ccccc1OCCCC(=O)Nc1ccc(Br)cc1. The minimum atomic E-state index is -0.0260. The zero-order chi connectivity index (χ0) is 15.1. The van der Waals surface area contributed by atoms with E-state index in [0.29, 0.717) is 30.9 Å². The first-order chi connectivity index (χ1) is 10.1. The number of hydrogen-bond acceptors (Lipinski definition) is 3. The summed E-state index contributed by atoms with van der Waals surface area (Å²) < 4.78 is 6.52. The molecule has 0 bridgehead atoms. The predicted octanol–water partition coefficient (Wildman–Crippen LogP) is 3.83. The van der Waals surface area contributed by atoms with Gasteiger partial charge in [0.15, 0.2) is 0 Å². The fourth-order valence-electron chi connectivity index (χ4n) is 1.78. The van der Waals surface area contributed by atoms with Crippen LogP contribution in [0.15, 0.2) is 53.0 Å². The average Bonchev–Trinajstić information content (AvgIpc) is 2.48. The maximum absolute atomic E-state index is 11.8. The van der Waals surface area contributed by atoms with Crippen molar-refractivity contribution < 1.29 is 9.53 Å². The molecule has 2 aromatic rings. The van der Waals surface area contributed by atoms with Crippen LogP contribution in [0.1, 0.15) is 12.8 Å². The van der Waals surface area contributed by atoms with E-state index in [1.54, 1.807) is 6.07 Å². The minimum Gasteiger partial charge on any atom is -0.491 e. The molecular weight excluding hydrogens is 332 g/mol. The minimum absolute atomic E-state index is 0.0260. The highest BCUT2D eigenvalue weighted by Gasteiger charge is 2.03. The van der Waals surface area contributed by atoms with Crippen LogP contribution in [0.3, 0.4) is 0 Å². The van der Waals surface area contributed by atoms with E-state index in [0.717, 1.165) is 10.2 Å². The lowest BCUT2D eigenvalue weighted by molar-refractivity contribution is -0.116. The van der Waals surface area contributed by atoms with Gasteiger partial charge in [-0.3, -0.25) is 4.79 Å². The summed E-state index contributed by atoms with van der Waals surface area (Å²) >= 11 is 3.35. The molecule has 0 heterocycles. The van der Waals surface area contributed by atoms with E-state index in [1.807, 2.05) is 42.5 Å². The number of benzene rings is 2. The molecule has 0 fully saturated rings. The highest BCUT2D eigenvalue weighted by molar-refractivity contribution is 9.10. The second-order valence-corrected chi connectivity index (χ2v) is 5.46. The first kappa shape index (κ1) is 15.4. The van der Waals surface area contributed by atoms with Crippen LogP contribution in [0.5, 0.6) is 5.75 Å². The van der Waals surface area contributed by atoms with Crippen molar-refractivity contribution in [3.8, 4) is 5.75 Å². The van der Waals surface area contributed by atoms with E-state index in [4.69, 9.17) is 10.5 Å². The third kappa shape index (κ3) is 5.11. The third-order valence-electron chi connectivity index (χ3n) is 2.85. The predicted molar refractivity (Wildman–Crippen MR) is 88.4 cm³/mol. The molecule has 110 valence electrons. The van der Waals surface area contributed by atoms with Gasteiger partial charge in [0.25, 0.3) is 0 Å². The van der Waals surface area contributed by atoms with Gasteiger partial charge in [-0.15, -0.1) is 0 Å². The zero-order valence-corrected chi connectivity index (χ0v) is 13.1. The van der Waals surface area contributed by atoms with Crippen LogP contribution in [0.2, 0.25) is 0 Å². The van der Waals surface area contributed by atoms with Gasteiger partial charge in [0, 0.05) is 16.6 Å². The Morgan fingerprint density at radius 3 is 2.57 bits per heavy atom. The molecule has 0 spiro atoms. The zero-order valence-electron chi connectivity index (χ0n) is 11.5. The Kier molecular flexibility index (Phi) is 5.63. The molecule has 0 atom stereocenters. The lowest BCUT2D eigenvalue weighted by Crippen LogP contribution is -2.12. The summed E-state index contributed by atoms with van der Waals surface area (Å²) in [6.07, 6.45) is 1.04. The lowest BCUT2D eigenvalue weighted by atomic mass is 10.2. The summed E-state index contributed by atoms with van der Waals surface area (Å²) in [4.78, 5) is 11.8. The Balaban J connectivity index is 1.70. The van der Waals surface area contributed by atoms with E-state index < -0.39 is 0 Å². The first-order valence-corrected chi connectivity index (χ1v) is 7.47. The van der Waals surface area contributed by atoms with Crippen molar-refractivity contribution in [2.24, 2.45) is 0 Å². The Labute approximate surface area is 132 Å². The van der Waals surface area contributed by atoms with Crippen molar-refractivity contribution >= 4 is 33.2 Å². The Morgan fingerprint density at radius 1 is 1.14 bits per heavy atom. The quantitative estimate of drug-likeness (QED) is 0.615. The molecule has 4 nitrogen and oxygen atoms in total. The number of ether oxygens (including phenoxy) is 1. The molecule has 0 saturated heterocycles. The standard InChI is InChI=1S/C16H17BrN2O2/c17-12-7-9-13(10-8-12)19-16(20)6-3-11-21-15-5-2-1-4-14(15)18/h1-2,4-5,7-10H,3,6,11,18H2,(H,19,20). The molecule has 0 aliphatic heterocycles. The van der Waals surface area contributed by atoms with Crippen LogP contribution in [0, 0.1) is 0 Å². The number of nitrogens with one attached hydrogen (secondary N) is 1. The average molecular weight is 349 g/mol. The molecule has 5 heteroatoms. The normalized spacial score (nSPS) is 10.1. The summed E-state index contributed by atoms with van der Waals surface area (Å²) in [6, 6.07) is 14.8. The van der Waals surface area contributed by atoms with Gasteiger partial charge in [-0.2, -0.15) is 0 Å². The number of carbonyl (C=O) groups excluding carboxylic acids is 1. The summed E-state index contributed by atoms with van der Waals surface area (Å²) in [5, 5.41) is 2.84. The van der Waals surface area contributed by atoms with Gasteiger partial charge in [-0.25, -0.2) is 0 Å². The number of nitrogen functional groups attached to an aromatic ring is 1. The van der Waals surface area contributed by atoms with Crippen LogP contribution in [-0.2, 0) is 4.79 Å². The van der Waals surface area contributed by atoms with Gasteiger partial charge in [-0.1, -0.05) is 28.1 Å². The van der Waals surface area contributed by atoms with Crippen molar-refractivity contribution in [3.05, 3.63) is 53.0 Å². The van der Waals surface area contributed by atoms with Crippen LogP contribution in [-0.4, -0.2) is 12.5 Å². The van der Waals surface area contributed by atoms with Crippen LogP contribution in [0.25, 0.3) is 0 Å². The summed E-state index contributed by atoms with van der Waals surface area (Å²) in [5.41, 5.74) is 7.17. The maximum Gasteiger partial charge on any atom is 0.224 e. The van der Waals surface area contributed by atoms with Crippen molar-refractivity contribution in [2.75, 3.05) is 17.7 Å². The Hall–Kier alpha value is -2.01. The van der Waals surface area contributed by atoms with Crippen molar-refractivity contribution in [2.45, 2.75) is 12.8 Å². The van der Waals surface area contributed by atoms with Gasteiger partial charge < -0.3 is 15.8 Å². The van der Waals surface area contributed by atoms with Crippen LogP contribution >= 0.6 is 15.9 Å². The molecule has 3 N–H and O–H groups in total. The highest BCUT2D eigenvalue weighted by Crippen LogP contribution is 2.20. The fraction of sp³-hybridized carbons (Fsp3) is 0.188. The molecule has 0 aliphatic rings. The topological polar surface area (TPSA) is 64.3 Å². The van der Waals surface area contributed by atoms with E-state index >= 15 is 0 Å². The van der Waals surface area contributed by atoms with E-state index in [2.05, 4.69) is 21.2 Å². The number of rotatable bonds is 6. The number of halogens is 1. The molecule has 0 aromatic heterocycles. The molecule has 2 rings (SSSR count). The molecule has 0 aliphatic carbocycles. The summed E-state index contributed by atoms with van der Waals surface area (Å²) in [6.45, 7) is 0.460. The molecule has 1 amide bonds. The summed E-state index contributed by atoms with van der Waals surface area (Å²) in [7, 11) is 0.